The second-order valence-corrected chi connectivity index (χ2v) is 6.59. The summed E-state index contributed by atoms with van der Waals surface area (Å²) in [5.74, 6) is 0.749. The molecule has 82 valence electrons. The first kappa shape index (κ1) is 10.4. The van der Waals surface area contributed by atoms with Crippen molar-refractivity contribution in [2.24, 2.45) is 0 Å². The Balaban J connectivity index is 1.91. The summed E-state index contributed by atoms with van der Waals surface area (Å²) in [6.07, 6.45) is 1.13. The zero-order valence-electron chi connectivity index (χ0n) is 8.57. The second kappa shape index (κ2) is 3.79. The Hall–Kier alpha value is -0.130. The van der Waals surface area contributed by atoms with Crippen molar-refractivity contribution in [3.8, 4) is 0 Å². The van der Waals surface area contributed by atoms with Crippen LogP contribution >= 0.6 is 0 Å². The standard InChI is InChI=1S/C9H18N2O2S/c1-8-5-11(4-2-3-10-8)9-6-14(12,13)7-9/h8-10H,2-7H2,1H3. The minimum Gasteiger partial charge on any atom is -0.313 e. The molecule has 0 aliphatic carbocycles. The summed E-state index contributed by atoms with van der Waals surface area (Å²) in [6.45, 7) is 5.24. The molecular formula is C9H18N2O2S. The van der Waals surface area contributed by atoms with Crippen molar-refractivity contribution in [3.05, 3.63) is 0 Å². The Morgan fingerprint density at radius 2 is 2.07 bits per heavy atom. The molecule has 2 saturated heterocycles. The molecule has 2 rings (SSSR count). The molecule has 2 fully saturated rings. The van der Waals surface area contributed by atoms with Crippen LogP contribution in [0.1, 0.15) is 13.3 Å². The number of sulfone groups is 1. The molecule has 1 unspecified atom stereocenters. The van der Waals surface area contributed by atoms with Gasteiger partial charge in [-0.2, -0.15) is 0 Å². The van der Waals surface area contributed by atoms with E-state index >= 15 is 0 Å². The van der Waals surface area contributed by atoms with Crippen LogP contribution in [0.15, 0.2) is 0 Å². The number of nitrogens with zero attached hydrogens (tertiary/aromatic N) is 1. The molecule has 0 aromatic rings. The number of hydrogen-bond acceptors (Lipinski definition) is 4. The molecule has 1 atom stereocenters. The van der Waals surface area contributed by atoms with Crippen molar-refractivity contribution in [2.45, 2.75) is 25.4 Å². The molecule has 0 spiro atoms. The van der Waals surface area contributed by atoms with E-state index in [9.17, 15) is 8.42 Å². The molecule has 0 saturated carbocycles. The molecule has 0 aromatic heterocycles. The number of nitrogens with one attached hydrogen (secondary N) is 1. The Bertz CT molecular complexity index is 290. The van der Waals surface area contributed by atoms with Crippen molar-refractivity contribution in [1.82, 2.24) is 10.2 Å². The quantitative estimate of drug-likeness (QED) is 0.642. The fourth-order valence-corrected chi connectivity index (χ4v) is 3.71. The summed E-state index contributed by atoms with van der Waals surface area (Å²) >= 11 is 0. The van der Waals surface area contributed by atoms with Crippen molar-refractivity contribution in [1.29, 1.82) is 0 Å². The van der Waals surface area contributed by atoms with Gasteiger partial charge in [-0.05, 0) is 26.4 Å². The van der Waals surface area contributed by atoms with E-state index in [-0.39, 0.29) is 0 Å². The third-order valence-corrected chi connectivity index (χ3v) is 4.82. The van der Waals surface area contributed by atoms with Gasteiger partial charge in [0.25, 0.3) is 0 Å². The van der Waals surface area contributed by atoms with E-state index in [1.54, 1.807) is 0 Å². The highest BCUT2D eigenvalue weighted by Crippen LogP contribution is 2.18. The van der Waals surface area contributed by atoms with Gasteiger partial charge in [-0.3, -0.25) is 4.90 Å². The van der Waals surface area contributed by atoms with Crippen LogP contribution in [0.3, 0.4) is 0 Å². The smallest absolute Gasteiger partial charge is 0.153 e. The molecular weight excluding hydrogens is 200 g/mol. The lowest BCUT2D eigenvalue weighted by Gasteiger charge is -2.37. The van der Waals surface area contributed by atoms with Gasteiger partial charge in [-0.1, -0.05) is 0 Å². The van der Waals surface area contributed by atoms with Gasteiger partial charge in [0.05, 0.1) is 11.5 Å². The molecule has 5 heteroatoms. The van der Waals surface area contributed by atoms with Crippen LogP contribution < -0.4 is 5.32 Å². The summed E-state index contributed by atoms with van der Waals surface area (Å²) in [6, 6.07) is 0.781. The van der Waals surface area contributed by atoms with Crippen LogP contribution in [0.4, 0.5) is 0 Å². The first-order valence-electron chi connectivity index (χ1n) is 5.25. The van der Waals surface area contributed by atoms with Gasteiger partial charge in [0, 0.05) is 18.6 Å². The van der Waals surface area contributed by atoms with Gasteiger partial charge >= 0.3 is 0 Å². The molecule has 2 aliphatic heterocycles. The Labute approximate surface area is 85.6 Å². The summed E-state index contributed by atoms with van der Waals surface area (Å²) in [5.41, 5.74) is 0. The molecule has 0 aromatic carbocycles. The van der Waals surface area contributed by atoms with E-state index in [0.29, 0.717) is 23.6 Å². The van der Waals surface area contributed by atoms with Crippen LogP contribution in [0.5, 0.6) is 0 Å². The van der Waals surface area contributed by atoms with Crippen LogP contribution in [-0.2, 0) is 9.84 Å². The Kier molecular flexibility index (Phi) is 2.81. The summed E-state index contributed by atoms with van der Waals surface area (Å²) in [5, 5.41) is 3.41. The summed E-state index contributed by atoms with van der Waals surface area (Å²) in [7, 11) is -2.67. The van der Waals surface area contributed by atoms with Gasteiger partial charge < -0.3 is 5.32 Å². The van der Waals surface area contributed by atoms with Crippen molar-refractivity contribution in [3.63, 3.8) is 0 Å². The molecule has 2 aliphatic rings. The average molecular weight is 218 g/mol. The van der Waals surface area contributed by atoms with E-state index in [1.165, 1.54) is 0 Å². The number of hydrogen-bond donors (Lipinski definition) is 1. The van der Waals surface area contributed by atoms with Crippen LogP contribution in [-0.4, -0.2) is 56.5 Å². The van der Waals surface area contributed by atoms with Crippen LogP contribution in [0, 0.1) is 0 Å². The monoisotopic (exact) mass is 218 g/mol. The third-order valence-electron chi connectivity index (χ3n) is 3.03. The molecule has 4 nitrogen and oxygen atoms in total. The van der Waals surface area contributed by atoms with Crippen LogP contribution in [0.2, 0.25) is 0 Å². The maximum absolute atomic E-state index is 11.1. The van der Waals surface area contributed by atoms with Crippen molar-refractivity contribution >= 4 is 9.84 Å². The van der Waals surface area contributed by atoms with Gasteiger partial charge in [-0.15, -0.1) is 0 Å². The zero-order chi connectivity index (χ0) is 10.2. The van der Waals surface area contributed by atoms with E-state index in [4.69, 9.17) is 0 Å². The normalized spacial score (nSPS) is 34.8. The first-order chi connectivity index (χ1) is 6.57. The maximum atomic E-state index is 11.1. The van der Waals surface area contributed by atoms with Crippen molar-refractivity contribution in [2.75, 3.05) is 31.1 Å². The minimum absolute atomic E-state index is 0.294. The molecule has 2 heterocycles. The van der Waals surface area contributed by atoms with Gasteiger partial charge in [0.1, 0.15) is 0 Å². The van der Waals surface area contributed by atoms with E-state index in [0.717, 1.165) is 26.1 Å². The maximum Gasteiger partial charge on any atom is 0.153 e. The fourth-order valence-electron chi connectivity index (χ4n) is 2.22. The number of rotatable bonds is 1. The third kappa shape index (κ3) is 2.27. The Morgan fingerprint density at radius 1 is 1.36 bits per heavy atom. The average Bonchev–Trinajstić information content (AvgIpc) is 2.25. The predicted molar refractivity (Wildman–Crippen MR) is 56.1 cm³/mol. The SMILES string of the molecule is CC1CN(C2CS(=O)(=O)C2)CCCN1. The highest BCUT2D eigenvalue weighted by molar-refractivity contribution is 7.92. The molecule has 1 N–H and O–H groups in total. The highest BCUT2D eigenvalue weighted by atomic mass is 32.2. The lowest BCUT2D eigenvalue weighted by molar-refractivity contribution is 0.213. The largest absolute Gasteiger partial charge is 0.313 e. The fraction of sp³-hybridized carbons (Fsp3) is 1.00. The zero-order valence-corrected chi connectivity index (χ0v) is 9.39. The van der Waals surface area contributed by atoms with Crippen LogP contribution in [0.25, 0.3) is 0 Å². The lowest BCUT2D eigenvalue weighted by atomic mass is 10.2. The van der Waals surface area contributed by atoms with Gasteiger partial charge in [0.2, 0.25) is 0 Å². The van der Waals surface area contributed by atoms with E-state index < -0.39 is 9.84 Å². The topological polar surface area (TPSA) is 49.4 Å². The highest BCUT2D eigenvalue weighted by Gasteiger charge is 2.37. The molecule has 0 radical (unpaired) electrons. The first-order valence-corrected chi connectivity index (χ1v) is 7.07. The second-order valence-electron chi connectivity index (χ2n) is 4.43. The molecule has 0 bridgehead atoms. The summed E-state index contributed by atoms with van der Waals surface area (Å²) < 4.78 is 22.1. The van der Waals surface area contributed by atoms with E-state index in [1.807, 2.05) is 0 Å². The summed E-state index contributed by atoms with van der Waals surface area (Å²) in [4.78, 5) is 2.33. The minimum atomic E-state index is -2.67. The van der Waals surface area contributed by atoms with E-state index in [2.05, 4.69) is 17.1 Å². The Morgan fingerprint density at radius 3 is 2.71 bits per heavy atom. The lowest BCUT2D eigenvalue weighted by Crippen LogP contribution is -2.55. The van der Waals surface area contributed by atoms with Gasteiger partial charge in [0.15, 0.2) is 9.84 Å². The molecule has 0 amide bonds. The predicted octanol–water partition coefficient (Wildman–Crippen LogP) is -0.533. The van der Waals surface area contributed by atoms with Crippen molar-refractivity contribution < 1.29 is 8.42 Å². The molecule has 14 heavy (non-hydrogen) atoms. The van der Waals surface area contributed by atoms with Gasteiger partial charge in [-0.25, -0.2) is 8.42 Å².